The minimum atomic E-state index is -3.11. The van der Waals surface area contributed by atoms with Crippen molar-refractivity contribution in [2.75, 3.05) is 30.5 Å². The minimum absolute atomic E-state index is 0.0287. The Balaban J connectivity index is 1.36. The second-order valence-electron chi connectivity index (χ2n) is 8.33. The molecule has 0 radical (unpaired) electrons. The molecule has 1 aliphatic heterocycles. The Morgan fingerprint density at radius 3 is 2.77 bits per heavy atom. The molecular weight excluding hydrogens is 518 g/mol. The van der Waals surface area contributed by atoms with Gasteiger partial charge in [-0.05, 0) is 44.2 Å². The first kappa shape index (κ1) is 25.4. The number of amides is 1. The van der Waals surface area contributed by atoms with E-state index in [0.717, 1.165) is 35.8 Å². The lowest BCUT2D eigenvalue weighted by Crippen LogP contribution is -2.21. The molecule has 0 aromatic carbocycles. The highest BCUT2D eigenvalue weighted by Crippen LogP contribution is 2.39. The van der Waals surface area contributed by atoms with Crippen LogP contribution in [0.2, 0.25) is 5.15 Å². The number of hydrogen-bond donors (Lipinski definition) is 1. The van der Waals surface area contributed by atoms with Crippen molar-refractivity contribution in [2.45, 2.75) is 38.6 Å². The summed E-state index contributed by atoms with van der Waals surface area (Å²) in [5, 5.41) is 7.58. The summed E-state index contributed by atoms with van der Waals surface area (Å²) in [4.78, 5) is 37.8. The molecule has 1 fully saturated rings. The van der Waals surface area contributed by atoms with Crippen LogP contribution in [-0.2, 0) is 41.7 Å². The van der Waals surface area contributed by atoms with Crippen molar-refractivity contribution in [1.82, 2.24) is 9.78 Å². The summed E-state index contributed by atoms with van der Waals surface area (Å²) in [6.07, 6.45) is 5.51. The van der Waals surface area contributed by atoms with Crippen LogP contribution in [0.4, 0.5) is 5.00 Å². The van der Waals surface area contributed by atoms with Crippen molar-refractivity contribution in [1.29, 1.82) is 0 Å². The molecule has 13 heteroatoms. The van der Waals surface area contributed by atoms with Crippen molar-refractivity contribution in [3.8, 4) is 0 Å². The number of nitrogens with one attached hydrogen (secondary N) is 1. The highest BCUT2D eigenvalue weighted by Gasteiger charge is 2.32. The molecule has 0 unspecified atom stereocenters. The lowest BCUT2D eigenvalue weighted by Gasteiger charge is -2.09. The number of hydrogen-bond acceptors (Lipinski definition) is 9. The summed E-state index contributed by atoms with van der Waals surface area (Å²) < 4.78 is 34.9. The number of esters is 2. The number of aromatic nitrogens is 2. The second kappa shape index (κ2) is 10.1. The Kier molecular flexibility index (Phi) is 7.34. The number of aryl methyl sites for hydroxylation is 2. The Bertz CT molecular complexity index is 1330. The number of carbonyl (C=O) groups is 3. The molecule has 3 heterocycles. The first-order valence-electron chi connectivity index (χ1n) is 10.9. The van der Waals surface area contributed by atoms with E-state index in [0.29, 0.717) is 28.2 Å². The maximum atomic E-state index is 12.4. The molecule has 1 N–H and O–H groups in total. The molecule has 2 aromatic heterocycles. The molecule has 1 amide bonds. The van der Waals surface area contributed by atoms with Crippen molar-refractivity contribution < 1.29 is 32.3 Å². The largest absolute Gasteiger partial charge is 0.465 e. The van der Waals surface area contributed by atoms with Crippen LogP contribution in [0.3, 0.4) is 0 Å². The summed E-state index contributed by atoms with van der Waals surface area (Å²) in [5.41, 5.74) is 2.26. The van der Waals surface area contributed by atoms with Crippen LogP contribution in [0.25, 0.3) is 6.08 Å². The first-order valence-corrected chi connectivity index (χ1v) is 13.9. The number of methoxy groups -OCH3 is 1. The maximum Gasteiger partial charge on any atom is 0.341 e. The Labute approximate surface area is 211 Å². The topological polar surface area (TPSA) is 134 Å². The number of sulfone groups is 1. The van der Waals surface area contributed by atoms with E-state index in [1.165, 1.54) is 29.2 Å². The van der Waals surface area contributed by atoms with E-state index in [9.17, 15) is 22.8 Å². The van der Waals surface area contributed by atoms with E-state index < -0.39 is 34.3 Å². The number of carbonyl (C=O) groups excluding carboxylic acids is 3. The Morgan fingerprint density at radius 1 is 1.31 bits per heavy atom. The lowest BCUT2D eigenvalue weighted by molar-refractivity contribution is -0.142. The SMILES string of the molecule is COC(=O)c1c(NC(=O)COC(=O)/C=C/c2c(C)nn([C@H]3CCS(=O)(=O)C3)c2Cl)sc2c1CCC2. The fraction of sp³-hybridized carbons (Fsp3) is 0.455. The number of thiophene rings is 1. The van der Waals surface area contributed by atoms with Crippen LogP contribution >= 0.6 is 22.9 Å². The predicted octanol–water partition coefficient (Wildman–Crippen LogP) is 2.74. The summed E-state index contributed by atoms with van der Waals surface area (Å²) in [5.74, 6) is -1.81. The summed E-state index contributed by atoms with van der Waals surface area (Å²) >= 11 is 7.72. The van der Waals surface area contributed by atoms with E-state index in [1.807, 2.05) is 0 Å². The third kappa shape index (κ3) is 5.44. The summed E-state index contributed by atoms with van der Waals surface area (Å²) in [6.45, 7) is 1.15. The predicted molar refractivity (Wildman–Crippen MR) is 131 cm³/mol. The van der Waals surface area contributed by atoms with Crippen molar-refractivity contribution in [3.63, 3.8) is 0 Å². The molecule has 2 aromatic rings. The lowest BCUT2D eigenvalue weighted by atomic mass is 10.1. The fourth-order valence-electron chi connectivity index (χ4n) is 4.24. The van der Waals surface area contributed by atoms with Crippen LogP contribution in [0.15, 0.2) is 6.08 Å². The van der Waals surface area contributed by atoms with E-state index in [4.69, 9.17) is 21.1 Å². The Hall–Kier alpha value is -2.70. The Morgan fingerprint density at radius 2 is 2.09 bits per heavy atom. The quantitative estimate of drug-likeness (QED) is 0.418. The van der Waals surface area contributed by atoms with Crippen LogP contribution in [0.1, 0.15) is 50.9 Å². The fourth-order valence-corrected chi connectivity index (χ4v) is 7.60. The number of ether oxygens (including phenoxy) is 2. The molecule has 2 aliphatic rings. The first-order chi connectivity index (χ1) is 16.6. The molecule has 188 valence electrons. The van der Waals surface area contributed by atoms with Crippen LogP contribution < -0.4 is 5.32 Å². The van der Waals surface area contributed by atoms with Gasteiger partial charge in [0.05, 0.1) is 35.9 Å². The normalized spacial score (nSPS) is 18.5. The number of nitrogens with zero attached hydrogens (tertiary/aromatic N) is 2. The second-order valence-corrected chi connectivity index (χ2v) is 12.0. The number of rotatable bonds is 7. The van der Waals surface area contributed by atoms with E-state index in [1.54, 1.807) is 6.92 Å². The van der Waals surface area contributed by atoms with Gasteiger partial charge in [-0.3, -0.25) is 4.79 Å². The zero-order chi connectivity index (χ0) is 25.3. The van der Waals surface area contributed by atoms with Crippen molar-refractivity contribution >= 4 is 61.7 Å². The molecule has 35 heavy (non-hydrogen) atoms. The van der Waals surface area contributed by atoms with E-state index in [-0.39, 0.29) is 22.7 Å². The highest BCUT2D eigenvalue weighted by atomic mass is 35.5. The molecule has 1 aliphatic carbocycles. The van der Waals surface area contributed by atoms with Gasteiger partial charge in [0.1, 0.15) is 10.2 Å². The van der Waals surface area contributed by atoms with Crippen LogP contribution in [0, 0.1) is 6.92 Å². The van der Waals surface area contributed by atoms with Gasteiger partial charge in [-0.2, -0.15) is 5.10 Å². The van der Waals surface area contributed by atoms with Gasteiger partial charge in [-0.1, -0.05) is 11.6 Å². The van der Waals surface area contributed by atoms with Crippen molar-refractivity contribution in [2.24, 2.45) is 0 Å². The minimum Gasteiger partial charge on any atom is -0.465 e. The number of halogens is 1. The van der Waals surface area contributed by atoms with Gasteiger partial charge in [0.25, 0.3) is 5.91 Å². The van der Waals surface area contributed by atoms with Gasteiger partial charge in [-0.15, -0.1) is 11.3 Å². The van der Waals surface area contributed by atoms with Crippen LogP contribution in [0.5, 0.6) is 0 Å². The molecule has 1 saturated heterocycles. The number of anilines is 1. The highest BCUT2D eigenvalue weighted by molar-refractivity contribution is 7.91. The summed E-state index contributed by atoms with van der Waals surface area (Å²) in [6, 6.07) is -0.350. The van der Waals surface area contributed by atoms with Gasteiger partial charge in [0, 0.05) is 16.5 Å². The number of fused-ring (bicyclic) bond motifs is 1. The standard InChI is InChI=1S/C22H24ClN3O7S2/c1-12-14(20(23)26(25-12)13-8-9-35(30,31)11-13)6-7-18(28)33-10-17(27)24-21-19(22(29)32-2)15-4-3-5-16(15)34-21/h6-7,13H,3-5,8-11H2,1-2H3,(H,24,27)/b7-6+/t13-/m0/s1. The summed E-state index contributed by atoms with van der Waals surface area (Å²) in [7, 11) is -1.82. The van der Waals surface area contributed by atoms with Gasteiger partial charge in [0.2, 0.25) is 0 Å². The molecule has 4 rings (SSSR count). The maximum absolute atomic E-state index is 12.4. The van der Waals surface area contributed by atoms with Gasteiger partial charge >= 0.3 is 11.9 Å². The molecule has 10 nitrogen and oxygen atoms in total. The molecule has 0 bridgehead atoms. The average molecular weight is 542 g/mol. The zero-order valence-electron chi connectivity index (χ0n) is 19.1. The third-order valence-electron chi connectivity index (χ3n) is 5.92. The van der Waals surface area contributed by atoms with Crippen molar-refractivity contribution in [3.05, 3.63) is 38.5 Å². The van der Waals surface area contributed by atoms with Gasteiger partial charge in [-0.25, -0.2) is 22.7 Å². The smallest absolute Gasteiger partial charge is 0.341 e. The van der Waals surface area contributed by atoms with Gasteiger partial charge in [0.15, 0.2) is 16.4 Å². The molecule has 0 spiro atoms. The van der Waals surface area contributed by atoms with E-state index >= 15 is 0 Å². The van der Waals surface area contributed by atoms with Gasteiger partial charge < -0.3 is 14.8 Å². The third-order valence-corrected chi connectivity index (χ3v) is 9.25. The monoisotopic (exact) mass is 541 g/mol. The zero-order valence-corrected chi connectivity index (χ0v) is 21.5. The van der Waals surface area contributed by atoms with E-state index in [2.05, 4.69) is 10.4 Å². The molecular formula is C22H24ClN3O7S2. The molecule has 1 atom stereocenters. The molecule has 0 saturated carbocycles. The van der Waals surface area contributed by atoms with Crippen LogP contribution in [-0.4, -0.2) is 61.3 Å². The average Bonchev–Trinajstić information content (AvgIpc) is 3.54.